The molecule has 51 heavy (non-hydrogen) atoms. The van der Waals surface area contributed by atoms with Crippen LogP contribution in [0.15, 0.2) is 186 Å². The van der Waals surface area contributed by atoms with E-state index in [-0.39, 0.29) is 1.43 Å². The predicted octanol–water partition coefficient (Wildman–Crippen LogP) is 14.6. The van der Waals surface area contributed by atoms with E-state index in [2.05, 4.69) is 182 Å². The van der Waals surface area contributed by atoms with Crippen molar-refractivity contribution in [1.29, 1.82) is 0 Å². The Hall–Kier alpha value is -6.70. The smallest absolute Gasteiger partial charge is 0.143 e. The largest absolute Gasteiger partial charge is 0.455 e. The maximum Gasteiger partial charge on any atom is 0.143 e. The summed E-state index contributed by atoms with van der Waals surface area (Å²) in [5.74, 6) is 0. The first kappa shape index (κ1) is 28.2. The van der Waals surface area contributed by atoms with Gasteiger partial charge in [0.15, 0.2) is 0 Å². The van der Waals surface area contributed by atoms with E-state index in [1.165, 1.54) is 87.2 Å². The van der Waals surface area contributed by atoms with Crippen molar-refractivity contribution in [2.45, 2.75) is 0 Å². The summed E-state index contributed by atoms with van der Waals surface area (Å²) in [4.78, 5) is 0. The molecule has 11 aromatic rings. The van der Waals surface area contributed by atoms with E-state index in [4.69, 9.17) is 4.42 Å². The van der Waals surface area contributed by atoms with Crippen LogP contribution in [0.3, 0.4) is 0 Å². The summed E-state index contributed by atoms with van der Waals surface area (Å²) in [7, 11) is 0. The van der Waals surface area contributed by atoms with Gasteiger partial charge in [-0.2, -0.15) is 0 Å². The molecule has 0 radical (unpaired) electrons. The van der Waals surface area contributed by atoms with Gasteiger partial charge in [0.25, 0.3) is 0 Å². The number of hydrogen-bond acceptors (Lipinski definition) is 1. The highest BCUT2D eigenvalue weighted by molar-refractivity contribution is 6.26. The maximum absolute atomic E-state index is 6.70. The molecule has 0 amide bonds. The van der Waals surface area contributed by atoms with Gasteiger partial charge in [-0.3, -0.25) is 0 Å². The van der Waals surface area contributed by atoms with Gasteiger partial charge in [-0.15, -0.1) is 0 Å². The van der Waals surface area contributed by atoms with Gasteiger partial charge < -0.3 is 4.42 Å². The second-order valence-corrected chi connectivity index (χ2v) is 13.6. The normalized spacial score (nSPS) is 11.9. The van der Waals surface area contributed by atoms with Crippen LogP contribution in [0.25, 0.3) is 109 Å². The molecule has 11 rings (SSSR count). The molecule has 0 spiro atoms. The second kappa shape index (κ2) is 10.9. The van der Waals surface area contributed by atoms with Crippen LogP contribution >= 0.6 is 0 Å². The van der Waals surface area contributed by atoms with Crippen molar-refractivity contribution in [2.24, 2.45) is 0 Å². The molecule has 0 saturated carbocycles. The molecule has 0 N–H and O–H groups in total. The van der Waals surface area contributed by atoms with E-state index >= 15 is 0 Å². The lowest BCUT2D eigenvalue weighted by Crippen LogP contribution is -1.91. The molecule has 1 heterocycles. The quantitative estimate of drug-likeness (QED) is 0.174. The van der Waals surface area contributed by atoms with Crippen LogP contribution in [0.1, 0.15) is 1.43 Å². The molecule has 0 fully saturated rings. The molecule has 10 aromatic carbocycles. The van der Waals surface area contributed by atoms with Gasteiger partial charge in [0.05, 0.1) is 0 Å². The Morgan fingerprint density at radius 1 is 0.314 bits per heavy atom. The van der Waals surface area contributed by atoms with Crippen molar-refractivity contribution >= 4 is 75.8 Å². The summed E-state index contributed by atoms with van der Waals surface area (Å²) >= 11 is 0. The van der Waals surface area contributed by atoms with Gasteiger partial charge in [-0.25, -0.2) is 0 Å². The maximum atomic E-state index is 6.70. The molecule has 1 heteroatoms. The summed E-state index contributed by atoms with van der Waals surface area (Å²) in [6.07, 6.45) is 0. The topological polar surface area (TPSA) is 13.1 Å². The first-order valence-electron chi connectivity index (χ1n) is 17.6. The molecule has 1 aromatic heterocycles. The number of furan rings is 1. The zero-order chi connectivity index (χ0) is 33.5. The Kier molecular flexibility index (Phi) is 6.02. The van der Waals surface area contributed by atoms with Crippen molar-refractivity contribution in [2.75, 3.05) is 0 Å². The number of rotatable bonds is 3. The van der Waals surface area contributed by atoms with Gasteiger partial charge in [-0.05, 0) is 100 Å². The average Bonchev–Trinajstić information content (AvgIpc) is 3.59. The van der Waals surface area contributed by atoms with Gasteiger partial charge in [-0.1, -0.05) is 164 Å². The van der Waals surface area contributed by atoms with Gasteiger partial charge in [0.1, 0.15) is 11.2 Å². The van der Waals surface area contributed by atoms with Crippen molar-refractivity contribution < 1.29 is 5.84 Å². The van der Waals surface area contributed by atoms with Crippen LogP contribution in [0.4, 0.5) is 0 Å². The average molecular weight is 649 g/mol. The van der Waals surface area contributed by atoms with E-state index in [1.54, 1.807) is 0 Å². The predicted molar refractivity (Wildman–Crippen MR) is 220 cm³/mol. The van der Waals surface area contributed by atoms with Gasteiger partial charge in [0, 0.05) is 17.6 Å². The third-order valence-electron chi connectivity index (χ3n) is 10.8. The van der Waals surface area contributed by atoms with Crippen LogP contribution < -0.4 is 0 Å². The molecular formula is C50H32O. The van der Waals surface area contributed by atoms with E-state index in [0.29, 0.717) is 0 Å². The Bertz CT molecular complexity index is 3130. The van der Waals surface area contributed by atoms with Crippen LogP contribution in [-0.4, -0.2) is 0 Å². The molecule has 0 atom stereocenters. The summed E-state index contributed by atoms with van der Waals surface area (Å²) in [5.41, 5.74) is 9.21. The Morgan fingerprint density at radius 3 is 1.49 bits per heavy atom. The van der Waals surface area contributed by atoms with E-state index < -0.39 is 0 Å². The van der Waals surface area contributed by atoms with Crippen LogP contribution in [0.5, 0.6) is 0 Å². The first-order chi connectivity index (χ1) is 25.3. The zero-order valence-corrected chi connectivity index (χ0v) is 27.7. The lowest BCUT2D eigenvalue weighted by atomic mass is 9.85. The van der Waals surface area contributed by atoms with E-state index in [9.17, 15) is 0 Å². The highest BCUT2D eigenvalue weighted by Gasteiger charge is 2.19. The van der Waals surface area contributed by atoms with Crippen molar-refractivity contribution in [1.82, 2.24) is 0 Å². The van der Waals surface area contributed by atoms with E-state index in [1.807, 2.05) is 0 Å². The molecule has 0 unspecified atom stereocenters. The highest BCUT2D eigenvalue weighted by atomic mass is 16.3. The minimum atomic E-state index is 0. The molecule has 0 aliphatic carbocycles. The van der Waals surface area contributed by atoms with Crippen molar-refractivity contribution in [3.63, 3.8) is 0 Å². The van der Waals surface area contributed by atoms with Crippen LogP contribution in [0.2, 0.25) is 0 Å². The fourth-order valence-corrected chi connectivity index (χ4v) is 8.52. The van der Waals surface area contributed by atoms with Gasteiger partial charge >= 0.3 is 0 Å². The Morgan fingerprint density at radius 2 is 0.804 bits per heavy atom. The second-order valence-electron chi connectivity index (χ2n) is 13.6. The van der Waals surface area contributed by atoms with Crippen LogP contribution in [-0.2, 0) is 0 Å². The van der Waals surface area contributed by atoms with E-state index in [0.717, 1.165) is 21.9 Å². The number of benzene rings is 10. The Labute approximate surface area is 296 Å². The third kappa shape index (κ3) is 4.22. The molecule has 1 nitrogen and oxygen atoms in total. The number of hydrogen-bond donors (Lipinski definition) is 0. The summed E-state index contributed by atoms with van der Waals surface area (Å²) in [5, 5.41) is 14.7. The summed E-state index contributed by atoms with van der Waals surface area (Å²) in [6.45, 7) is 0. The van der Waals surface area contributed by atoms with Crippen LogP contribution in [0, 0.1) is 0 Å². The first-order valence-corrected chi connectivity index (χ1v) is 17.6. The van der Waals surface area contributed by atoms with Gasteiger partial charge in [0.2, 0.25) is 0 Å². The molecule has 0 bridgehead atoms. The third-order valence-corrected chi connectivity index (χ3v) is 10.8. The fraction of sp³-hybridized carbons (Fsp3) is 0. The fourth-order valence-electron chi connectivity index (χ4n) is 8.52. The molecule has 0 saturated heterocycles. The van der Waals surface area contributed by atoms with Crippen molar-refractivity contribution in [3.05, 3.63) is 182 Å². The molecule has 0 aliphatic heterocycles. The lowest BCUT2D eigenvalue weighted by Gasteiger charge is -2.18. The zero-order valence-electron chi connectivity index (χ0n) is 27.7. The molecular weight excluding hydrogens is 617 g/mol. The standard InChI is InChI=1S/C50H30O.H2/c1-2-13-35-29-36(26-21-31(35)11-1)48-42-19-9-7-17-40(42)47(41-18-8-10-20-43(41)48)34-24-22-33(23-25-34)45-30-46-49(39-16-6-5-15-38(39)45)44-28-27-32-12-3-4-14-37(32)50(44)51-46;/h1-30H;1H. The van der Waals surface area contributed by atoms with Crippen molar-refractivity contribution in [3.8, 4) is 33.4 Å². The monoisotopic (exact) mass is 648 g/mol. The summed E-state index contributed by atoms with van der Waals surface area (Å²) < 4.78 is 6.70. The minimum absolute atomic E-state index is 0. The lowest BCUT2D eigenvalue weighted by molar-refractivity contribution is 0.673. The SMILES string of the molecule is [HH].c1ccc2cc(-c3c4ccccc4c(-c4ccc(-c5cc6oc7c8ccccc8ccc7c6c6ccccc56)cc4)c4ccccc34)ccc2c1. The molecule has 0 aliphatic rings. The Balaban J connectivity index is 0.00000338. The molecule has 238 valence electrons. The highest BCUT2D eigenvalue weighted by Crippen LogP contribution is 2.46. The number of fused-ring (bicyclic) bond motifs is 10. The summed E-state index contributed by atoms with van der Waals surface area (Å²) in [6, 6.07) is 66.3. The minimum Gasteiger partial charge on any atom is -0.455 e.